The van der Waals surface area contributed by atoms with Crippen LogP contribution in [0, 0.1) is 0 Å². The maximum absolute atomic E-state index is 11.9. The van der Waals surface area contributed by atoms with E-state index in [4.69, 9.17) is 0 Å². The Kier molecular flexibility index (Phi) is 1.57. The van der Waals surface area contributed by atoms with Gasteiger partial charge in [0.25, 0.3) is 0 Å². The quantitative estimate of drug-likeness (QED) is 0.681. The van der Waals surface area contributed by atoms with E-state index in [0.717, 1.165) is 17.8 Å². The molecule has 0 aromatic heterocycles. The molecule has 2 heterocycles. The number of fused-ring (bicyclic) bond motifs is 2. The van der Waals surface area contributed by atoms with Crippen LogP contribution in [0.1, 0.15) is 15.9 Å². The van der Waals surface area contributed by atoms with Crippen LogP contribution in [0.5, 0.6) is 0 Å². The molecule has 2 aliphatic heterocycles. The highest BCUT2D eigenvalue weighted by atomic mass is 16.1. The molecule has 0 spiro atoms. The van der Waals surface area contributed by atoms with Crippen molar-refractivity contribution in [1.82, 2.24) is 0 Å². The fourth-order valence-electron chi connectivity index (χ4n) is 2.93. The summed E-state index contributed by atoms with van der Waals surface area (Å²) >= 11 is 0. The van der Waals surface area contributed by atoms with Gasteiger partial charge in [-0.25, -0.2) is 0 Å². The molecule has 0 N–H and O–H groups in total. The second-order valence-electron chi connectivity index (χ2n) is 4.64. The van der Waals surface area contributed by atoms with Gasteiger partial charge in [0.1, 0.15) is 0 Å². The van der Waals surface area contributed by atoms with E-state index in [1.165, 1.54) is 16.7 Å². The number of carbonyl (C=O) groups is 1. The summed E-state index contributed by atoms with van der Waals surface area (Å²) in [5.41, 5.74) is 5.81. The maximum atomic E-state index is 11.9. The molecule has 0 unspecified atom stereocenters. The van der Waals surface area contributed by atoms with Crippen LogP contribution < -0.4 is 4.90 Å². The van der Waals surface area contributed by atoms with Crippen LogP contribution in [-0.4, -0.2) is 12.3 Å². The molecule has 2 nitrogen and oxygen atoms in total. The molecule has 0 fully saturated rings. The third kappa shape index (κ3) is 1.07. The molecule has 2 aromatic carbocycles. The zero-order valence-corrected chi connectivity index (χ0v) is 9.31. The number of hydrogen-bond acceptors (Lipinski definition) is 2. The van der Waals surface area contributed by atoms with Crippen LogP contribution in [0.4, 0.5) is 5.69 Å². The minimum atomic E-state index is 0.245. The molecule has 2 aromatic rings. The average Bonchev–Trinajstić information content (AvgIpc) is 2.68. The van der Waals surface area contributed by atoms with Gasteiger partial charge in [-0.3, -0.25) is 4.79 Å². The van der Waals surface area contributed by atoms with Crippen LogP contribution in [0.25, 0.3) is 11.1 Å². The highest BCUT2D eigenvalue weighted by molar-refractivity contribution is 6.12. The molecule has 0 atom stereocenters. The van der Waals surface area contributed by atoms with Crippen LogP contribution in [-0.2, 0) is 6.54 Å². The molecule has 0 radical (unpaired) electrons. The van der Waals surface area contributed by atoms with Gasteiger partial charge in [0.2, 0.25) is 0 Å². The smallest absolute Gasteiger partial charge is 0.184 e. The molecule has 82 valence electrons. The Labute approximate surface area is 99.5 Å². The SMILES string of the molecule is O=C1CN2Cc3ccccc3-c3cccc1c32. The van der Waals surface area contributed by atoms with E-state index in [2.05, 4.69) is 35.2 Å². The van der Waals surface area contributed by atoms with Gasteiger partial charge >= 0.3 is 0 Å². The van der Waals surface area contributed by atoms with Gasteiger partial charge < -0.3 is 4.90 Å². The minimum absolute atomic E-state index is 0.245. The number of nitrogens with zero attached hydrogens (tertiary/aromatic N) is 1. The third-order valence-electron chi connectivity index (χ3n) is 3.66. The molecule has 4 rings (SSSR count). The summed E-state index contributed by atoms with van der Waals surface area (Å²) in [6.07, 6.45) is 0. The number of para-hydroxylation sites is 1. The van der Waals surface area contributed by atoms with Crippen LogP contribution in [0.2, 0.25) is 0 Å². The van der Waals surface area contributed by atoms with Crippen molar-refractivity contribution in [3.05, 3.63) is 53.6 Å². The number of hydrogen-bond donors (Lipinski definition) is 0. The molecule has 0 saturated heterocycles. The average molecular weight is 221 g/mol. The summed E-state index contributed by atoms with van der Waals surface area (Å²) in [7, 11) is 0. The van der Waals surface area contributed by atoms with E-state index in [1.807, 2.05) is 12.1 Å². The molecule has 2 aliphatic rings. The number of anilines is 1. The van der Waals surface area contributed by atoms with E-state index in [9.17, 15) is 4.79 Å². The number of carbonyl (C=O) groups excluding carboxylic acids is 1. The first-order chi connectivity index (χ1) is 8.34. The Balaban J connectivity index is 2.08. The monoisotopic (exact) mass is 221 g/mol. The van der Waals surface area contributed by atoms with E-state index >= 15 is 0 Å². The molecule has 0 aliphatic carbocycles. The van der Waals surface area contributed by atoms with Crippen LogP contribution in [0.15, 0.2) is 42.5 Å². The Morgan fingerprint density at radius 3 is 2.53 bits per heavy atom. The summed E-state index contributed by atoms with van der Waals surface area (Å²) in [6.45, 7) is 1.38. The summed E-state index contributed by atoms with van der Waals surface area (Å²) in [5.74, 6) is 0.245. The van der Waals surface area contributed by atoms with Crippen molar-refractivity contribution in [2.45, 2.75) is 6.54 Å². The number of benzene rings is 2. The lowest BCUT2D eigenvalue weighted by Gasteiger charge is -2.28. The standard InChI is InChI=1S/C15H11NO/c17-14-9-16-8-10-4-1-2-5-11(10)12-6-3-7-13(14)15(12)16/h1-7H,8-9H2. The third-order valence-corrected chi connectivity index (χ3v) is 3.66. The fourth-order valence-corrected chi connectivity index (χ4v) is 2.93. The van der Waals surface area contributed by atoms with Gasteiger partial charge in [0.15, 0.2) is 5.78 Å². The van der Waals surface area contributed by atoms with Gasteiger partial charge in [-0.2, -0.15) is 0 Å². The van der Waals surface area contributed by atoms with E-state index in [0.29, 0.717) is 6.54 Å². The van der Waals surface area contributed by atoms with E-state index in [-0.39, 0.29) is 5.78 Å². The molecule has 0 amide bonds. The second kappa shape index (κ2) is 2.98. The van der Waals surface area contributed by atoms with Gasteiger partial charge in [-0.05, 0) is 17.2 Å². The van der Waals surface area contributed by atoms with Crippen LogP contribution in [0.3, 0.4) is 0 Å². The number of Topliss-reactive ketones (excluding diaryl/α,β-unsaturated/α-hetero) is 1. The molecule has 17 heavy (non-hydrogen) atoms. The molecular weight excluding hydrogens is 210 g/mol. The first-order valence-electron chi connectivity index (χ1n) is 5.84. The van der Waals surface area contributed by atoms with Crippen molar-refractivity contribution in [1.29, 1.82) is 0 Å². The van der Waals surface area contributed by atoms with Gasteiger partial charge in [0.05, 0.1) is 12.2 Å². The highest BCUT2D eigenvalue weighted by Crippen LogP contribution is 2.43. The summed E-state index contributed by atoms with van der Waals surface area (Å²) in [4.78, 5) is 14.1. The lowest BCUT2D eigenvalue weighted by atomic mass is 9.93. The lowest BCUT2D eigenvalue weighted by Crippen LogP contribution is -2.25. The van der Waals surface area contributed by atoms with E-state index < -0.39 is 0 Å². The molecule has 0 saturated carbocycles. The Morgan fingerprint density at radius 1 is 0.824 bits per heavy atom. The van der Waals surface area contributed by atoms with Crippen molar-refractivity contribution in [3.63, 3.8) is 0 Å². The van der Waals surface area contributed by atoms with Crippen molar-refractivity contribution in [3.8, 4) is 11.1 Å². The number of ketones is 1. The van der Waals surface area contributed by atoms with E-state index in [1.54, 1.807) is 0 Å². The molecule has 0 bridgehead atoms. The topological polar surface area (TPSA) is 20.3 Å². The van der Waals surface area contributed by atoms with Crippen molar-refractivity contribution >= 4 is 11.5 Å². The molecule has 2 heteroatoms. The van der Waals surface area contributed by atoms with Crippen LogP contribution >= 0.6 is 0 Å². The van der Waals surface area contributed by atoms with Gasteiger partial charge in [-0.1, -0.05) is 36.4 Å². The first-order valence-corrected chi connectivity index (χ1v) is 5.84. The van der Waals surface area contributed by atoms with Crippen molar-refractivity contribution in [2.24, 2.45) is 0 Å². The molecular formula is C15H11NO. The maximum Gasteiger partial charge on any atom is 0.184 e. The first kappa shape index (κ1) is 8.99. The van der Waals surface area contributed by atoms with Gasteiger partial charge in [0, 0.05) is 17.7 Å². The van der Waals surface area contributed by atoms with Gasteiger partial charge in [-0.15, -0.1) is 0 Å². The normalized spacial score (nSPS) is 15.8. The summed E-state index contributed by atoms with van der Waals surface area (Å²) < 4.78 is 0. The lowest BCUT2D eigenvalue weighted by molar-refractivity contribution is 0.101. The Hall–Kier alpha value is -2.09. The number of rotatable bonds is 0. The largest absolute Gasteiger partial charge is 0.358 e. The predicted molar refractivity (Wildman–Crippen MR) is 67.3 cm³/mol. The Morgan fingerprint density at radius 2 is 1.59 bits per heavy atom. The Bertz CT molecular complexity index is 645. The van der Waals surface area contributed by atoms with Crippen molar-refractivity contribution < 1.29 is 4.79 Å². The summed E-state index contributed by atoms with van der Waals surface area (Å²) in [5, 5.41) is 0. The predicted octanol–water partition coefficient (Wildman–Crippen LogP) is 2.87. The highest BCUT2D eigenvalue weighted by Gasteiger charge is 2.32. The zero-order valence-electron chi connectivity index (χ0n) is 9.31. The van der Waals surface area contributed by atoms with Crippen molar-refractivity contribution in [2.75, 3.05) is 11.4 Å². The fraction of sp³-hybridized carbons (Fsp3) is 0.133. The zero-order chi connectivity index (χ0) is 11.4. The minimum Gasteiger partial charge on any atom is -0.358 e. The summed E-state index contributed by atoms with van der Waals surface area (Å²) in [6, 6.07) is 14.4. The second-order valence-corrected chi connectivity index (χ2v) is 4.64.